The SMILES string of the molecule is CCC(C)N(Cc1ccc(OS(=O)(=O)CC)cc1)C(=O)Nc1ccc(OC)cc1. The Bertz CT molecular complexity index is 896. The Labute approximate surface area is 172 Å². The molecule has 0 fully saturated rings. The van der Waals surface area contributed by atoms with Crippen molar-refractivity contribution in [3.8, 4) is 11.5 Å². The van der Waals surface area contributed by atoms with Crippen LogP contribution >= 0.6 is 0 Å². The molecule has 1 N–H and O–H groups in total. The first-order chi connectivity index (χ1) is 13.8. The summed E-state index contributed by atoms with van der Waals surface area (Å²) in [5, 5.41) is 2.91. The number of nitrogens with zero attached hydrogens (tertiary/aromatic N) is 1. The number of hydrogen-bond acceptors (Lipinski definition) is 5. The molecule has 2 aromatic rings. The third-order valence-electron chi connectivity index (χ3n) is 4.58. The van der Waals surface area contributed by atoms with E-state index in [4.69, 9.17) is 8.92 Å². The summed E-state index contributed by atoms with van der Waals surface area (Å²) in [6, 6.07) is 13.7. The number of carbonyl (C=O) groups is 1. The van der Waals surface area contributed by atoms with Crippen molar-refractivity contribution < 1.29 is 22.1 Å². The van der Waals surface area contributed by atoms with Gasteiger partial charge in [-0.1, -0.05) is 19.1 Å². The highest BCUT2D eigenvalue weighted by Crippen LogP contribution is 2.20. The lowest BCUT2D eigenvalue weighted by atomic mass is 10.1. The van der Waals surface area contributed by atoms with Gasteiger partial charge < -0.3 is 19.1 Å². The fourth-order valence-electron chi connectivity index (χ4n) is 2.57. The van der Waals surface area contributed by atoms with Crippen LogP contribution in [0.4, 0.5) is 10.5 Å². The zero-order chi connectivity index (χ0) is 21.4. The lowest BCUT2D eigenvalue weighted by Crippen LogP contribution is -2.40. The van der Waals surface area contributed by atoms with Crippen LogP contribution in [0.25, 0.3) is 0 Å². The van der Waals surface area contributed by atoms with Gasteiger partial charge in [0.25, 0.3) is 0 Å². The van der Waals surface area contributed by atoms with Crippen LogP contribution in [0, 0.1) is 0 Å². The Morgan fingerprint density at radius 3 is 2.14 bits per heavy atom. The molecule has 0 aliphatic heterocycles. The predicted molar refractivity (Wildman–Crippen MR) is 114 cm³/mol. The van der Waals surface area contributed by atoms with E-state index in [1.165, 1.54) is 6.92 Å². The molecule has 2 aromatic carbocycles. The van der Waals surface area contributed by atoms with E-state index in [-0.39, 0.29) is 23.6 Å². The summed E-state index contributed by atoms with van der Waals surface area (Å²) in [6.07, 6.45) is 0.798. The molecular formula is C21H28N2O5S. The van der Waals surface area contributed by atoms with Gasteiger partial charge in [0.05, 0.1) is 12.9 Å². The van der Waals surface area contributed by atoms with E-state index in [9.17, 15) is 13.2 Å². The Balaban J connectivity index is 2.10. The number of anilines is 1. The number of rotatable bonds is 9. The lowest BCUT2D eigenvalue weighted by molar-refractivity contribution is 0.187. The van der Waals surface area contributed by atoms with Gasteiger partial charge in [0.2, 0.25) is 0 Å². The Morgan fingerprint density at radius 1 is 1.03 bits per heavy atom. The molecule has 2 rings (SSSR count). The van der Waals surface area contributed by atoms with Crippen molar-refractivity contribution in [3.05, 3.63) is 54.1 Å². The molecule has 7 nitrogen and oxygen atoms in total. The minimum Gasteiger partial charge on any atom is -0.497 e. The third-order valence-corrected chi connectivity index (χ3v) is 5.73. The van der Waals surface area contributed by atoms with E-state index < -0.39 is 10.1 Å². The summed E-state index contributed by atoms with van der Waals surface area (Å²) in [5.41, 5.74) is 1.55. The monoisotopic (exact) mass is 420 g/mol. The number of urea groups is 1. The van der Waals surface area contributed by atoms with Gasteiger partial charge >= 0.3 is 16.1 Å². The van der Waals surface area contributed by atoms with E-state index in [1.54, 1.807) is 60.5 Å². The molecule has 1 unspecified atom stereocenters. The summed E-state index contributed by atoms with van der Waals surface area (Å²) in [7, 11) is -1.97. The molecule has 0 aliphatic carbocycles. The van der Waals surface area contributed by atoms with Gasteiger partial charge in [0, 0.05) is 18.3 Å². The summed E-state index contributed by atoms with van der Waals surface area (Å²) in [5.74, 6) is 0.879. The van der Waals surface area contributed by atoms with E-state index in [1.807, 2.05) is 13.8 Å². The summed E-state index contributed by atoms with van der Waals surface area (Å²) >= 11 is 0. The maximum atomic E-state index is 12.8. The highest BCUT2D eigenvalue weighted by Gasteiger charge is 2.20. The zero-order valence-electron chi connectivity index (χ0n) is 17.2. The smallest absolute Gasteiger partial charge is 0.322 e. The number of methoxy groups -OCH3 is 1. The van der Waals surface area contributed by atoms with Crippen LogP contribution in [-0.2, 0) is 16.7 Å². The van der Waals surface area contributed by atoms with Crippen LogP contribution in [0.1, 0.15) is 32.8 Å². The van der Waals surface area contributed by atoms with Crippen LogP contribution in [0.2, 0.25) is 0 Å². The minimum atomic E-state index is -3.56. The first-order valence-corrected chi connectivity index (χ1v) is 11.1. The third kappa shape index (κ3) is 6.67. The molecule has 158 valence electrons. The van der Waals surface area contributed by atoms with Crippen molar-refractivity contribution in [2.45, 2.75) is 39.8 Å². The van der Waals surface area contributed by atoms with E-state index in [0.29, 0.717) is 18.0 Å². The van der Waals surface area contributed by atoms with Gasteiger partial charge in [0.15, 0.2) is 0 Å². The van der Waals surface area contributed by atoms with Crippen molar-refractivity contribution in [3.63, 3.8) is 0 Å². The fourth-order valence-corrected chi connectivity index (χ4v) is 3.09. The number of hydrogen-bond donors (Lipinski definition) is 1. The van der Waals surface area contributed by atoms with E-state index >= 15 is 0 Å². The van der Waals surface area contributed by atoms with Crippen LogP contribution in [0.5, 0.6) is 11.5 Å². The molecule has 0 aliphatic rings. The first kappa shape index (κ1) is 22.5. The topological polar surface area (TPSA) is 84.9 Å². The normalized spacial score (nSPS) is 12.1. The van der Waals surface area contributed by atoms with Crippen molar-refractivity contribution in [2.75, 3.05) is 18.2 Å². The maximum absolute atomic E-state index is 12.8. The van der Waals surface area contributed by atoms with Gasteiger partial charge in [-0.25, -0.2) is 4.79 Å². The molecular weight excluding hydrogens is 392 g/mol. The second-order valence-electron chi connectivity index (χ2n) is 6.62. The molecule has 1 atom stereocenters. The molecule has 8 heteroatoms. The number of benzene rings is 2. The Morgan fingerprint density at radius 2 is 1.62 bits per heavy atom. The van der Waals surface area contributed by atoms with Crippen molar-refractivity contribution >= 4 is 21.8 Å². The second kappa shape index (κ2) is 10.2. The van der Waals surface area contributed by atoms with Crippen molar-refractivity contribution in [2.24, 2.45) is 0 Å². The van der Waals surface area contributed by atoms with Gasteiger partial charge in [-0.3, -0.25) is 0 Å². The second-order valence-corrected chi connectivity index (χ2v) is 8.48. The number of nitrogens with one attached hydrogen (secondary N) is 1. The van der Waals surface area contributed by atoms with Crippen molar-refractivity contribution in [1.82, 2.24) is 4.90 Å². The summed E-state index contributed by atoms with van der Waals surface area (Å²) < 4.78 is 33.3. The molecule has 29 heavy (non-hydrogen) atoms. The molecule has 0 radical (unpaired) electrons. The van der Waals surface area contributed by atoms with Crippen LogP contribution in [-0.4, -0.2) is 38.3 Å². The lowest BCUT2D eigenvalue weighted by Gasteiger charge is -2.29. The molecule has 0 bridgehead atoms. The quantitative estimate of drug-likeness (QED) is 0.613. The molecule has 0 saturated heterocycles. The van der Waals surface area contributed by atoms with Crippen molar-refractivity contribution in [1.29, 1.82) is 0 Å². The largest absolute Gasteiger partial charge is 0.497 e. The highest BCUT2D eigenvalue weighted by molar-refractivity contribution is 7.87. The number of carbonyl (C=O) groups excluding carboxylic acids is 1. The van der Waals surface area contributed by atoms with Gasteiger partial charge in [-0.2, -0.15) is 8.42 Å². The average molecular weight is 421 g/mol. The first-order valence-electron chi connectivity index (χ1n) is 9.50. The zero-order valence-corrected chi connectivity index (χ0v) is 18.0. The van der Waals surface area contributed by atoms with E-state index in [0.717, 1.165) is 12.0 Å². The molecule has 0 spiro atoms. The Kier molecular flexibility index (Phi) is 7.90. The van der Waals surface area contributed by atoms with Crippen LogP contribution in [0.15, 0.2) is 48.5 Å². The van der Waals surface area contributed by atoms with Gasteiger partial charge in [-0.15, -0.1) is 0 Å². The molecule has 0 heterocycles. The van der Waals surface area contributed by atoms with Crippen LogP contribution in [0.3, 0.4) is 0 Å². The summed E-state index contributed by atoms with van der Waals surface area (Å²) in [6.45, 7) is 5.91. The highest BCUT2D eigenvalue weighted by atomic mass is 32.2. The van der Waals surface area contributed by atoms with Crippen LogP contribution < -0.4 is 14.2 Å². The number of amides is 2. The maximum Gasteiger partial charge on any atom is 0.322 e. The average Bonchev–Trinajstić information content (AvgIpc) is 2.73. The predicted octanol–water partition coefficient (Wildman–Crippen LogP) is 4.26. The van der Waals surface area contributed by atoms with E-state index in [2.05, 4.69) is 5.32 Å². The Hall–Kier alpha value is -2.74. The minimum absolute atomic E-state index is 0.0182. The fraction of sp³-hybridized carbons (Fsp3) is 0.381. The summed E-state index contributed by atoms with van der Waals surface area (Å²) in [4.78, 5) is 14.6. The molecule has 2 amide bonds. The van der Waals surface area contributed by atoms with Gasteiger partial charge in [0.1, 0.15) is 11.5 Å². The standard InChI is InChI=1S/C21H28N2O5S/c1-5-16(3)23(21(24)22-18-9-13-19(27-4)14-10-18)15-17-7-11-20(12-8-17)28-29(25,26)6-2/h7-14,16H,5-6,15H2,1-4H3,(H,22,24). The molecule has 0 aromatic heterocycles. The van der Waals surface area contributed by atoms with Gasteiger partial charge in [-0.05, 0) is 62.2 Å². The molecule has 0 saturated carbocycles. The number of ether oxygens (including phenoxy) is 1.